The molecule has 0 amide bonds. The molecule has 45 heavy (non-hydrogen) atoms. The molecule has 236 valence electrons. The lowest BCUT2D eigenvalue weighted by atomic mass is 9.83. The first-order valence-corrected chi connectivity index (χ1v) is 14.9. The molecule has 0 radical (unpaired) electrons. The molecule has 0 spiro atoms. The van der Waals surface area contributed by atoms with Crippen molar-refractivity contribution in [2.24, 2.45) is 16.8 Å². The van der Waals surface area contributed by atoms with Crippen molar-refractivity contribution in [1.29, 1.82) is 5.41 Å². The van der Waals surface area contributed by atoms with E-state index in [1.165, 1.54) is 24.7 Å². The lowest BCUT2D eigenvalue weighted by Gasteiger charge is -2.36. The molecule has 1 saturated heterocycles. The Morgan fingerprint density at radius 1 is 1.33 bits per heavy atom. The Kier molecular flexibility index (Phi) is 9.40. The van der Waals surface area contributed by atoms with Crippen LogP contribution in [0, 0.1) is 30.0 Å². The van der Waals surface area contributed by atoms with Gasteiger partial charge in [0.2, 0.25) is 0 Å². The lowest BCUT2D eigenvalue weighted by Crippen LogP contribution is -2.41. The van der Waals surface area contributed by atoms with Crippen LogP contribution in [0.1, 0.15) is 45.6 Å². The highest BCUT2D eigenvalue weighted by atomic mass is 19.1. The lowest BCUT2D eigenvalue weighted by molar-refractivity contribution is -0.155. The first kappa shape index (κ1) is 31.6. The van der Waals surface area contributed by atoms with E-state index in [1.54, 1.807) is 19.1 Å². The molecule has 0 saturated carbocycles. The maximum atomic E-state index is 15.6. The molecule has 12 heteroatoms. The van der Waals surface area contributed by atoms with E-state index < -0.39 is 11.4 Å². The van der Waals surface area contributed by atoms with Gasteiger partial charge < -0.3 is 24.4 Å². The summed E-state index contributed by atoms with van der Waals surface area (Å²) in [6.07, 6.45) is 8.73. The molecular formula is C33H38FN7O4. The van der Waals surface area contributed by atoms with Gasteiger partial charge in [-0.1, -0.05) is 6.58 Å². The monoisotopic (exact) mass is 615 g/mol. The molecule has 2 aliphatic rings. The first-order valence-electron chi connectivity index (χ1n) is 14.9. The third kappa shape index (κ3) is 7.44. The average molecular weight is 616 g/mol. The molecule has 1 unspecified atom stereocenters. The molecular weight excluding hydrogens is 577 g/mol. The van der Waals surface area contributed by atoms with Crippen LogP contribution in [0.3, 0.4) is 0 Å². The molecule has 1 fully saturated rings. The van der Waals surface area contributed by atoms with E-state index in [9.17, 15) is 4.79 Å². The maximum Gasteiger partial charge on any atom is 0.306 e. The van der Waals surface area contributed by atoms with E-state index in [0.29, 0.717) is 58.9 Å². The zero-order valence-corrected chi connectivity index (χ0v) is 26.0. The van der Waals surface area contributed by atoms with Crippen LogP contribution in [0.2, 0.25) is 0 Å². The van der Waals surface area contributed by atoms with E-state index in [4.69, 9.17) is 24.6 Å². The zero-order chi connectivity index (χ0) is 32.1. The topological polar surface area (TPSA) is 135 Å². The average Bonchev–Trinajstić information content (AvgIpc) is 3.14. The number of aliphatic imine (C=N–C) groups is 1. The number of halogens is 1. The number of allylic oxidation sites excluding steroid dienone is 2. The number of hydrogen-bond donors (Lipinski definition) is 2. The van der Waals surface area contributed by atoms with E-state index >= 15 is 4.39 Å². The minimum atomic E-state index is -0.509. The molecule has 4 heterocycles. The number of carbonyl (C=O) groups is 1. The van der Waals surface area contributed by atoms with Gasteiger partial charge in [0.15, 0.2) is 23.2 Å². The van der Waals surface area contributed by atoms with Crippen molar-refractivity contribution in [3.63, 3.8) is 0 Å². The molecule has 2 aromatic heterocycles. The van der Waals surface area contributed by atoms with Gasteiger partial charge in [-0.15, -0.1) is 0 Å². The molecule has 0 aliphatic carbocycles. The Labute approximate surface area is 261 Å². The van der Waals surface area contributed by atoms with Crippen molar-refractivity contribution >= 4 is 46.9 Å². The number of ether oxygens (including phenoxy) is 3. The van der Waals surface area contributed by atoms with Crippen molar-refractivity contribution in [2.75, 3.05) is 29.9 Å². The van der Waals surface area contributed by atoms with Gasteiger partial charge in [-0.05, 0) is 70.7 Å². The second-order valence-corrected chi connectivity index (χ2v) is 12.1. The predicted octanol–water partition coefficient (Wildman–Crippen LogP) is 6.30. The van der Waals surface area contributed by atoms with Crippen molar-refractivity contribution in [3.8, 4) is 11.5 Å². The number of nitrogens with zero attached hydrogens (tertiary/aromatic N) is 5. The Bertz CT molecular complexity index is 1670. The molecule has 2 aliphatic heterocycles. The van der Waals surface area contributed by atoms with Crippen molar-refractivity contribution in [3.05, 3.63) is 60.4 Å². The second kappa shape index (κ2) is 13.4. The van der Waals surface area contributed by atoms with Gasteiger partial charge in [0.25, 0.3) is 0 Å². The smallest absolute Gasteiger partial charge is 0.306 e. The Morgan fingerprint density at radius 3 is 2.91 bits per heavy atom. The third-order valence-corrected chi connectivity index (χ3v) is 7.76. The van der Waals surface area contributed by atoms with Crippen LogP contribution < -0.4 is 19.7 Å². The normalized spacial score (nSPS) is 18.2. The number of carbonyl (C=O) groups excluding carboxylic acids is 1. The quantitative estimate of drug-likeness (QED) is 0.0886. The summed E-state index contributed by atoms with van der Waals surface area (Å²) in [6.45, 7) is 13.0. The molecule has 2 bridgehead atoms. The number of benzene rings is 1. The van der Waals surface area contributed by atoms with E-state index in [2.05, 4.69) is 31.8 Å². The summed E-state index contributed by atoms with van der Waals surface area (Å²) in [5.41, 5.74) is 1.05. The van der Waals surface area contributed by atoms with Crippen LogP contribution in [-0.2, 0) is 9.53 Å². The van der Waals surface area contributed by atoms with Gasteiger partial charge in [0.05, 0.1) is 17.8 Å². The summed E-state index contributed by atoms with van der Waals surface area (Å²) in [5.74, 6) is 2.25. The van der Waals surface area contributed by atoms with Gasteiger partial charge in [-0.2, -0.15) is 0 Å². The molecule has 1 aromatic carbocycles. The number of piperidine rings is 1. The van der Waals surface area contributed by atoms with Crippen LogP contribution in [0.15, 0.2) is 54.0 Å². The number of hydrogen-bond acceptors (Lipinski definition) is 10. The largest absolute Gasteiger partial charge is 0.489 e. The SMILES string of the molecule is C=C/C(=C\C=NC=N)Oc1ccc(Nc2ncnc3cc4c(nc23)N2CCC(CCC(=O)OC(C)(C)C)[C@H](CO4)C2)c(F)c1C. The van der Waals surface area contributed by atoms with E-state index in [0.717, 1.165) is 32.3 Å². The summed E-state index contributed by atoms with van der Waals surface area (Å²) in [6, 6.07) is 5.07. The van der Waals surface area contributed by atoms with Crippen molar-refractivity contribution in [1.82, 2.24) is 15.0 Å². The molecule has 3 aromatic rings. The van der Waals surface area contributed by atoms with Gasteiger partial charge in [0, 0.05) is 43.3 Å². The molecule has 11 nitrogen and oxygen atoms in total. The molecule has 5 rings (SSSR count). The fourth-order valence-electron chi connectivity index (χ4n) is 5.55. The number of esters is 1. The zero-order valence-electron chi connectivity index (χ0n) is 26.0. The minimum absolute atomic E-state index is 0.174. The predicted molar refractivity (Wildman–Crippen MR) is 172 cm³/mol. The summed E-state index contributed by atoms with van der Waals surface area (Å²) < 4.78 is 33.1. The Hall–Kier alpha value is -4.87. The number of rotatable bonds is 10. The second-order valence-electron chi connectivity index (χ2n) is 12.1. The summed E-state index contributed by atoms with van der Waals surface area (Å²) in [5, 5.41) is 10.1. The minimum Gasteiger partial charge on any atom is -0.489 e. The highest BCUT2D eigenvalue weighted by Crippen LogP contribution is 2.40. The number of fused-ring (bicyclic) bond motifs is 5. The number of aromatic nitrogens is 3. The van der Waals surface area contributed by atoms with Gasteiger partial charge in [-0.3, -0.25) is 10.2 Å². The third-order valence-electron chi connectivity index (χ3n) is 7.76. The first-order chi connectivity index (χ1) is 21.6. The van der Waals surface area contributed by atoms with Crippen LogP contribution in [0.25, 0.3) is 11.0 Å². The highest BCUT2D eigenvalue weighted by Gasteiger charge is 2.35. The number of nitrogens with one attached hydrogen (secondary N) is 2. The summed E-state index contributed by atoms with van der Waals surface area (Å²) in [4.78, 5) is 32.0. The molecule has 2 N–H and O–H groups in total. The van der Waals surface area contributed by atoms with Crippen LogP contribution >= 0.6 is 0 Å². The van der Waals surface area contributed by atoms with Gasteiger partial charge in [0.1, 0.15) is 35.3 Å². The van der Waals surface area contributed by atoms with Crippen LogP contribution in [-0.4, -0.2) is 58.8 Å². The highest BCUT2D eigenvalue weighted by molar-refractivity contribution is 5.90. The number of anilines is 3. The Morgan fingerprint density at radius 2 is 2.16 bits per heavy atom. The van der Waals surface area contributed by atoms with E-state index in [-0.39, 0.29) is 23.1 Å². The standard InChI is InChI=1S/C33H38FN7O4/c1-6-23(11-13-36-18-35)44-26-9-8-24(29(34)20(26)2)39-31-30-25(37-19-38-31)15-27-32(40-30)41-14-12-21(22(16-41)17-43-27)7-10-28(42)45-33(3,4)5/h6,8-9,11,13,15,18-19,21-22,35H,1,7,10,12,14,16-17H2,2-5H3,(H,37,38,39)/b23-11+,35-18?,36-13?/t21?,22-/m0/s1. The summed E-state index contributed by atoms with van der Waals surface area (Å²) >= 11 is 0. The maximum absolute atomic E-state index is 15.6. The van der Waals surface area contributed by atoms with E-state index in [1.807, 2.05) is 26.8 Å². The fraction of sp³-hybridized carbons (Fsp3) is 0.394. The van der Waals surface area contributed by atoms with Crippen molar-refractivity contribution in [2.45, 2.75) is 52.6 Å². The Balaban J connectivity index is 1.34. The van der Waals surface area contributed by atoms with Gasteiger partial charge >= 0.3 is 5.97 Å². The summed E-state index contributed by atoms with van der Waals surface area (Å²) in [7, 11) is 0. The molecule has 2 atom stereocenters. The number of pyridine rings is 1. The fourth-order valence-corrected chi connectivity index (χ4v) is 5.55. The van der Waals surface area contributed by atoms with Crippen LogP contribution in [0.5, 0.6) is 11.5 Å². The van der Waals surface area contributed by atoms with Crippen LogP contribution in [0.4, 0.5) is 21.7 Å². The van der Waals surface area contributed by atoms with Crippen molar-refractivity contribution < 1.29 is 23.4 Å². The van der Waals surface area contributed by atoms with Gasteiger partial charge in [-0.25, -0.2) is 24.3 Å².